The second kappa shape index (κ2) is 5.69. The summed E-state index contributed by atoms with van der Waals surface area (Å²) in [5, 5.41) is 19.5. The number of aliphatic hydroxyl groups excluding tert-OH is 1. The van der Waals surface area contributed by atoms with Crippen LogP contribution in [-0.4, -0.2) is 39.3 Å². The first-order valence-electron chi connectivity index (χ1n) is 6.82. The molecule has 1 aliphatic heterocycles. The summed E-state index contributed by atoms with van der Waals surface area (Å²) in [6, 6.07) is 2.95. The van der Waals surface area contributed by atoms with Gasteiger partial charge in [-0.05, 0) is 38.0 Å². The first kappa shape index (κ1) is 15.9. The van der Waals surface area contributed by atoms with Crippen LogP contribution in [-0.2, 0) is 4.79 Å². The Labute approximate surface area is 122 Å². The molecule has 0 saturated carbocycles. The Kier molecular flexibility index (Phi) is 4.30. The Morgan fingerprint density at radius 1 is 1.38 bits per heavy atom. The van der Waals surface area contributed by atoms with E-state index in [0.29, 0.717) is 5.56 Å². The quantitative estimate of drug-likeness (QED) is 0.894. The van der Waals surface area contributed by atoms with Crippen molar-refractivity contribution in [3.8, 4) is 0 Å². The van der Waals surface area contributed by atoms with Gasteiger partial charge in [0.25, 0.3) is 0 Å². The topological polar surface area (TPSA) is 60.8 Å². The highest BCUT2D eigenvalue weighted by molar-refractivity contribution is 5.78. The maximum atomic E-state index is 13.3. The molecule has 1 fully saturated rings. The van der Waals surface area contributed by atoms with Crippen LogP contribution in [0.1, 0.15) is 38.3 Å². The van der Waals surface area contributed by atoms with E-state index in [9.17, 15) is 23.8 Å². The van der Waals surface area contributed by atoms with Gasteiger partial charge in [-0.2, -0.15) is 0 Å². The van der Waals surface area contributed by atoms with Crippen molar-refractivity contribution in [3.05, 3.63) is 35.4 Å². The van der Waals surface area contributed by atoms with E-state index in [1.54, 1.807) is 0 Å². The molecule has 0 unspecified atom stereocenters. The average molecular weight is 299 g/mol. The number of hydrogen-bond donors (Lipinski definition) is 2. The maximum absolute atomic E-state index is 13.3. The van der Waals surface area contributed by atoms with E-state index in [1.807, 2.05) is 0 Å². The molecule has 4 nitrogen and oxygen atoms in total. The lowest BCUT2D eigenvalue weighted by atomic mass is 10.0. The van der Waals surface area contributed by atoms with Crippen molar-refractivity contribution in [1.29, 1.82) is 0 Å². The van der Waals surface area contributed by atoms with Crippen LogP contribution in [0.4, 0.5) is 8.78 Å². The minimum atomic E-state index is -1.16. The Morgan fingerprint density at radius 3 is 2.62 bits per heavy atom. The smallest absolute Gasteiger partial charge is 0.226 e. The van der Waals surface area contributed by atoms with Crippen LogP contribution in [0, 0.1) is 11.6 Å². The van der Waals surface area contributed by atoms with Crippen LogP contribution in [0.25, 0.3) is 0 Å². The largest absolute Gasteiger partial charge is 0.391 e. The van der Waals surface area contributed by atoms with Crippen LogP contribution < -0.4 is 0 Å². The summed E-state index contributed by atoms with van der Waals surface area (Å²) < 4.78 is 26.4. The minimum Gasteiger partial charge on any atom is -0.391 e. The number of halogens is 2. The van der Waals surface area contributed by atoms with Gasteiger partial charge in [0.15, 0.2) is 11.6 Å². The fourth-order valence-corrected chi connectivity index (χ4v) is 2.60. The fraction of sp³-hybridized carbons (Fsp3) is 0.533. The molecule has 116 valence electrons. The minimum absolute atomic E-state index is 0.0973. The van der Waals surface area contributed by atoms with Crippen molar-refractivity contribution < 1.29 is 23.8 Å². The zero-order valence-corrected chi connectivity index (χ0v) is 12.0. The van der Waals surface area contributed by atoms with Gasteiger partial charge >= 0.3 is 0 Å². The first-order chi connectivity index (χ1) is 9.67. The zero-order chi connectivity index (χ0) is 15.8. The van der Waals surface area contributed by atoms with E-state index >= 15 is 0 Å². The summed E-state index contributed by atoms with van der Waals surface area (Å²) in [5.74, 6) is -2.26. The monoisotopic (exact) mass is 299 g/mol. The number of aliphatic hydroxyl groups is 2. The van der Waals surface area contributed by atoms with Crippen LogP contribution >= 0.6 is 0 Å². The third-order valence-corrected chi connectivity index (χ3v) is 3.51. The molecule has 1 aromatic carbocycles. The molecule has 2 N–H and O–H groups in total. The molecule has 1 aromatic rings. The maximum Gasteiger partial charge on any atom is 0.226 e. The molecule has 0 aliphatic carbocycles. The van der Waals surface area contributed by atoms with Crippen LogP contribution in [0.5, 0.6) is 0 Å². The molecular formula is C15H19F2NO3. The number of nitrogens with zero attached hydrogens (tertiary/aromatic N) is 1. The van der Waals surface area contributed by atoms with Gasteiger partial charge in [0.1, 0.15) is 0 Å². The highest BCUT2D eigenvalue weighted by Gasteiger charge is 2.37. The van der Waals surface area contributed by atoms with Gasteiger partial charge in [0.05, 0.1) is 24.2 Å². The SMILES string of the molecule is CC(C)(O)CC(=O)N1C[C@@H](O)C[C@H]1c1ccc(F)c(F)c1. The summed E-state index contributed by atoms with van der Waals surface area (Å²) in [7, 11) is 0. The molecule has 1 saturated heterocycles. The predicted molar refractivity (Wildman–Crippen MR) is 72.4 cm³/mol. The first-order valence-corrected chi connectivity index (χ1v) is 6.82. The lowest BCUT2D eigenvalue weighted by molar-refractivity contribution is -0.136. The third kappa shape index (κ3) is 3.77. The van der Waals surface area contributed by atoms with E-state index in [1.165, 1.54) is 24.8 Å². The molecule has 0 bridgehead atoms. The molecule has 1 aliphatic rings. The summed E-state index contributed by atoms with van der Waals surface area (Å²) in [4.78, 5) is 13.6. The summed E-state index contributed by atoms with van der Waals surface area (Å²) in [6.07, 6.45) is -0.545. The van der Waals surface area contributed by atoms with Gasteiger partial charge in [-0.15, -0.1) is 0 Å². The Balaban J connectivity index is 2.24. The summed E-state index contributed by atoms with van der Waals surface area (Å²) in [6.45, 7) is 3.16. The molecular weight excluding hydrogens is 280 g/mol. The van der Waals surface area contributed by atoms with Gasteiger partial charge in [0.2, 0.25) is 5.91 Å². The standard InChI is InChI=1S/C15H19F2NO3/c1-15(2,21)7-14(20)18-8-10(19)6-13(18)9-3-4-11(16)12(17)5-9/h3-5,10,13,19,21H,6-8H2,1-2H3/t10-,13-/m0/s1. The lowest BCUT2D eigenvalue weighted by Crippen LogP contribution is -2.36. The van der Waals surface area contributed by atoms with Crippen molar-refractivity contribution in [2.24, 2.45) is 0 Å². The number of amides is 1. The number of hydrogen-bond acceptors (Lipinski definition) is 3. The molecule has 0 aromatic heterocycles. The Morgan fingerprint density at radius 2 is 2.05 bits per heavy atom. The fourth-order valence-electron chi connectivity index (χ4n) is 2.60. The normalized spacial score (nSPS) is 22.7. The number of likely N-dealkylation sites (tertiary alicyclic amines) is 1. The van der Waals surface area contributed by atoms with Gasteiger partial charge in [-0.3, -0.25) is 4.79 Å². The molecule has 21 heavy (non-hydrogen) atoms. The highest BCUT2D eigenvalue weighted by Crippen LogP contribution is 2.34. The number of benzene rings is 1. The molecule has 0 spiro atoms. The Bertz CT molecular complexity index is 542. The predicted octanol–water partition coefficient (Wildman–Crippen LogP) is 1.76. The molecule has 2 rings (SSSR count). The van der Waals surface area contributed by atoms with Crippen molar-refractivity contribution in [1.82, 2.24) is 4.90 Å². The van der Waals surface area contributed by atoms with Gasteiger partial charge in [-0.25, -0.2) is 8.78 Å². The molecule has 0 radical (unpaired) electrons. The van der Waals surface area contributed by atoms with Crippen molar-refractivity contribution in [3.63, 3.8) is 0 Å². The zero-order valence-electron chi connectivity index (χ0n) is 12.0. The summed E-state index contributed by atoms with van der Waals surface area (Å²) in [5.41, 5.74) is -0.724. The second-order valence-corrected chi connectivity index (χ2v) is 6.11. The third-order valence-electron chi connectivity index (χ3n) is 3.51. The van der Waals surface area contributed by atoms with Crippen molar-refractivity contribution >= 4 is 5.91 Å². The van der Waals surface area contributed by atoms with E-state index in [2.05, 4.69) is 0 Å². The molecule has 1 amide bonds. The van der Waals surface area contributed by atoms with Gasteiger partial charge < -0.3 is 15.1 Å². The number of β-amino-alcohol motifs (C(OH)–C–C–N with tert-alkyl or cyclic N) is 1. The molecule has 6 heteroatoms. The van der Waals surface area contributed by atoms with Crippen LogP contribution in [0.2, 0.25) is 0 Å². The number of carbonyl (C=O) groups is 1. The summed E-state index contributed by atoms with van der Waals surface area (Å²) >= 11 is 0. The average Bonchev–Trinajstić information content (AvgIpc) is 2.73. The van der Waals surface area contributed by atoms with E-state index in [0.717, 1.165) is 12.1 Å². The Hall–Kier alpha value is -1.53. The van der Waals surface area contributed by atoms with E-state index < -0.39 is 29.4 Å². The van der Waals surface area contributed by atoms with Gasteiger partial charge in [0, 0.05) is 6.54 Å². The molecule has 2 atom stereocenters. The number of carbonyl (C=O) groups excluding carboxylic acids is 1. The van der Waals surface area contributed by atoms with Crippen LogP contribution in [0.3, 0.4) is 0 Å². The van der Waals surface area contributed by atoms with E-state index in [-0.39, 0.29) is 25.3 Å². The molecule has 1 heterocycles. The van der Waals surface area contributed by atoms with Gasteiger partial charge in [-0.1, -0.05) is 6.07 Å². The highest BCUT2D eigenvalue weighted by atomic mass is 19.2. The second-order valence-electron chi connectivity index (χ2n) is 6.11. The van der Waals surface area contributed by atoms with Crippen molar-refractivity contribution in [2.75, 3.05) is 6.54 Å². The number of rotatable bonds is 3. The van der Waals surface area contributed by atoms with E-state index in [4.69, 9.17) is 0 Å². The lowest BCUT2D eigenvalue weighted by Gasteiger charge is -2.27. The van der Waals surface area contributed by atoms with Crippen molar-refractivity contribution in [2.45, 2.75) is 44.4 Å². The van der Waals surface area contributed by atoms with Crippen LogP contribution in [0.15, 0.2) is 18.2 Å².